The van der Waals surface area contributed by atoms with Crippen LogP contribution in [-0.2, 0) is 7.05 Å². The summed E-state index contributed by atoms with van der Waals surface area (Å²) in [6.45, 7) is 3.34. The second-order valence-electron chi connectivity index (χ2n) is 6.08. The van der Waals surface area contributed by atoms with Crippen molar-refractivity contribution >= 4 is 11.8 Å². The number of nitrogens with zero attached hydrogens (tertiary/aromatic N) is 3. The maximum Gasteiger partial charge on any atom is 0.270 e. The van der Waals surface area contributed by atoms with Crippen molar-refractivity contribution in [1.82, 2.24) is 19.7 Å². The number of aromatic amines is 1. The number of rotatable bonds is 3. The van der Waals surface area contributed by atoms with E-state index in [0.717, 1.165) is 30.8 Å². The maximum absolute atomic E-state index is 12.7. The molecule has 0 unspecified atom stereocenters. The van der Waals surface area contributed by atoms with Crippen molar-refractivity contribution in [2.24, 2.45) is 12.8 Å². The second-order valence-corrected chi connectivity index (χ2v) is 6.08. The molecule has 3 heterocycles. The van der Waals surface area contributed by atoms with Crippen LogP contribution in [-0.4, -0.2) is 44.6 Å². The van der Waals surface area contributed by atoms with Crippen molar-refractivity contribution in [3.05, 3.63) is 41.0 Å². The number of H-pyrrole nitrogens is 1. The lowest BCUT2D eigenvalue weighted by atomic mass is 9.94. The summed E-state index contributed by atoms with van der Waals surface area (Å²) in [4.78, 5) is 25.8. The number of likely N-dealkylation sites (tertiary alicyclic amines) is 1. The fourth-order valence-electron chi connectivity index (χ4n) is 3.08. The van der Waals surface area contributed by atoms with Gasteiger partial charge in [0.25, 0.3) is 11.8 Å². The van der Waals surface area contributed by atoms with Crippen LogP contribution in [0, 0.1) is 6.92 Å². The summed E-state index contributed by atoms with van der Waals surface area (Å²) < 4.78 is 1.91. The van der Waals surface area contributed by atoms with Crippen molar-refractivity contribution in [3.8, 4) is 0 Å². The van der Waals surface area contributed by atoms with E-state index in [4.69, 9.17) is 5.73 Å². The van der Waals surface area contributed by atoms with E-state index >= 15 is 0 Å². The van der Waals surface area contributed by atoms with Gasteiger partial charge < -0.3 is 15.2 Å². The predicted molar refractivity (Wildman–Crippen MR) is 85.1 cm³/mol. The molecular formula is C16H21N5O2. The smallest absolute Gasteiger partial charge is 0.270 e. The molecule has 0 aliphatic carbocycles. The molecule has 1 atom stereocenters. The van der Waals surface area contributed by atoms with Crippen molar-refractivity contribution in [2.75, 3.05) is 13.1 Å². The third-order valence-electron chi connectivity index (χ3n) is 4.59. The zero-order valence-corrected chi connectivity index (χ0v) is 13.4. The lowest BCUT2D eigenvalue weighted by Crippen LogP contribution is -2.40. The molecule has 0 radical (unpaired) electrons. The number of hydrogen-bond donors (Lipinski definition) is 2. The molecule has 1 saturated heterocycles. The van der Waals surface area contributed by atoms with Crippen LogP contribution < -0.4 is 5.73 Å². The van der Waals surface area contributed by atoms with Crippen LogP contribution in [0.5, 0.6) is 0 Å². The highest BCUT2D eigenvalue weighted by Crippen LogP contribution is 2.27. The zero-order valence-electron chi connectivity index (χ0n) is 13.4. The highest BCUT2D eigenvalue weighted by Gasteiger charge is 2.28. The van der Waals surface area contributed by atoms with Gasteiger partial charge >= 0.3 is 0 Å². The summed E-state index contributed by atoms with van der Waals surface area (Å²) in [6.07, 6.45) is 1.88. The number of amides is 2. The summed E-state index contributed by atoms with van der Waals surface area (Å²) in [5.74, 6) is -0.356. The van der Waals surface area contributed by atoms with Gasteiger partial charge in [-0.15, -0.1) is 0 Å². The van der Waals surface area contributed by atoms with Crippen LogP contribution in [0.15, 0.2) is 18.2 Å². The van der Waals surface area contributed by atoms with E-state index in [1.54, 1.807) is 6.07 Å². The van der Waals surface area contributed by atoms with Gasteiger partial charge in [0, 0.05) is 37.4 Å². The molecule has 7 nitrogen and oxygen atoms in total. The quantitative estimate of drug-likeness (QED) is 0.890. The Labute approximate surface area is 134 Å². The minimum Gasteiger partial charge on any atom is -0.364 e. The highest BCUT2D eigenvalue weighted by molar-refractivity contribution is 5.93. The fraction of sp³-hybridized carbons (Fsp3) is 0.438. The van der Waals surface area contributed by atoms with E-state index < -0.39 is 5.91 Å². The average molecular weight is 315 g/mol. The number of primary amides is 1. The Morgan fingerprint density at radius 1 is 1.39 bits per heavy atom. The number of aryl methyl sites for hydroxylation is 1. The summed E-state index contributed by atoms with van der Waals surface area (Å²) in [5.41, 5.74) is 8.09. The molecule has 0 bridgehead atoms. The third kappa shape index (κ3) is 2.86. The van der Waals surface area contributed by atoms with Gasteiger partial charge in [-0.3, -0.25) is 14.7 Å². The molecule has 23 heavy (non-hydrogen) atoms. The number of hydrogen-bond acceptors (Lipinski definition) is 3. The van der Waals surface area contributed by atoms with E-state index in [1.807, 2.05) is 35.6 Å². The zero-order chi connectivity index (χ0) is 16.6. The Morgan fingerprint density at radius 3 is 2.78 bits per heavy atom. The number of carbonyl (C=O) groups excluding carboxylic acids is 2. The van der Waals surface area contributed by atoms with Gasteiger partial charge in [0.15, 0.2) is 0 Å². The Morgan fingerprint density at radius 2 is 2.17 bits per heavy atom. The molecule has 3 rings (SSSR count). The number of nitrogens with one attached hydrogen (secondary N) is 1. The van der Waals surface area contributed by atoms with Crippen molar-refractivity contribution < 1.29 is 9.59 Å². The molecule has 122 valence electrons. The Bertz CT molecular complexity index is 745. The highest BCUT2D eigenvalue weighted by atomic mass is 16.2. The molecule has 3 N–H and O–H groups in total. The Kier molecular flexibility index (Phi) is 3.94. The lowest BCUT2D eigenvalue weighted by molar-refractivity contribution is 0.0695. The average Bonchev–Trinajstić information content (AvgIpc) is 3.15. The maximum atomic E-state index is 12.7. The topological polar surface area (TPSA) is 97.0 Å². The molecule has 2 aromatic heterocycles. The first kappa shape index (κ1) is 15.3. The monoisotopic (exact) mass is 315 g/mol. The summed E-state index contributed by atoms with van der Waals surface area (Å²) in [6, 6.07) is 5.50. The standard InChI is InChI=1S/C16H21N5O2/c1-10-5-6-14(20(10)2)16(23)21-7-3-4-11(9-21)12-8-13(15(17)22)19-18-12/h5-6,8,11H,3-4,7,9H2,1-2H3,(H2,17,22)(H,18,19)/t11-/m1/s1. The van der Waals surface area contributed by atoms with Crippen LogP contribution in [0.4, 0.5) is 0 Å². The van der Waals surface area contributed by atoms with Gasteiger partial charge in [-0.2, -0.15) is 5.10 Å². The van der Waals surface area contributed by atoms with Crippen molar-refractivity contribution in [1.29, 1.82) is 0 Å². The van der Waals surface area contributed by atoms with E-state index in [0.29, 0.717) is 12.2 Å². The molecule has 0 saturated carbocycles. The lowest BCUT2D eigenvalue weighted by Gasteiger charge is -2.32. The van der Waals surface area contributed by atoms with E-state index in [-0.39, 0.29) is 17.5 Å². The van der Waals surface area contributed by atoms with Crippen molar-refractivity contribution in [2.45, 2.75) is 25.7 Å². The van der Waals surface area contributed by atoms with Crippen LogP contribution in [0.2, 0.25) is 0 Å². The minimum atomic E-state index is -0.546. The predicted octanol–water partition coefficient (Wildman–Crippen LogP) is 1.18. The fourth-order valence-corrected chi connectivity index (χ4v) is 3.08. The molecule has 0 aromatic carbocycles. The first-order valence-electron chi connectivity index (χ1n) is 7.74. The van der Waals surface area contributed by atoms with Gasteiger partial charge in [0.1, 0.15) is 11.4 Å². The summed E-state index contributed by atoms with van der Waals surface area (Å²) in [7, 11) is 1.90. The number of carbonyl (C=O) groups is 2. The van der Waals surface area contributed by atoms with Gasteiger partial charge in [-0.1, -0.05) is 0 Å². The molecule has 1 aliphatic rings. The first-order valence-corrected chi connectivity index (χ1v) is 7.74. The number of piperidine rings is 1. The van der Waals surface area contributed by atoms with E-state index in [1.165, 1.54) is 0 Å². The van der Waals surface area contributed by atoms with Crippen LogP contribution in [0.1, 0.15) is 51.1 Å². The third-order valence-corrected chi connectivity index (χ3v) is 4.59. The van der Waals surface area contributed by atoms with Gasteiger partial charge in [-0.25, -0.2) is 0 Å². The van der Waals surface area contributed by atoms with Crippen molar-refractivity contribution in [3.63, 3.8) is 0 Å². The molecular weight excluding hydrogens is 294 g/mol. The summed E-state index contributed by atoms with van der Waals surface area (Å²) in [5, 5.41) is 6.81. The Hall–Kier alpha value is -2.57. The summed E-state index contributed by atoms with van der Waals surface area (Å²) >= 11 is 0. The van der Waals surface area contributed by atoms with Gasteiger partial charge in [0.2, 0.25) is 0 Å². The minimum absolute atomic E-state index is 0.0416. The molecule has 2 amide bonds. The molecule has 1 fully saturated rings. The first-order chi connectivity index (χ1) is 11.0. The van der Waals surface area contributed by atoms with Crippen LogP contribution in [0.3, 0.4) is 0 Å². The number of nitrogens with two attached hydrogens (primary N) is 1. The largest absolute Gasteiger partial charge is 0.364 e. The molecule has 1 aliphatic heterocycles. The molecule has 2 aromatic rings. The number of aromatic nitrogens is 3. The molecule has 0 spiro atoms. The molecule has 7 heteroatoms. The van der Waals surface area contributed by atoms with E-state index in [9.17, 15) is 9.59 Å². The normalized spacial score (nSPS) is 18.2. The second kappa shape index (κ2) is 5.91. The van der Waals surface area contributed by atoms with Crippen LogP contribution >= 0.6 is 0 Å². The SMILES string of the molecule is Cc1ccc(C(=O)N2CCC[C@@H](c3cc(C(N)=O)n[nH]3)C2)n1C. The van der Waals surface area contributed by atoms with E-state index in [2.05, 4.69) is 10.2 Å². The van der Waals surface area contributed by atoms with Gasteiger partial charge in [-0.05, 0) is 38.0 Å². The Balaban J connectivity index is 1.76. The van der Waals surface area contributed by atoms with Gasteiger partial charge in [0.05, 0.1) is 0 Å². The van der Waals surface area contributed by atoms with Crippen LogP contribution in [0.25, 0.3) is 0 Å².